The second-order valence-electron chi connectivity index (χ2n) is 4.28. The highest BCUT2D eigenvalue weighted by atomic mass is 16.3. The smallest absolute Gasteiger partial charge is 0.0717 e. The van der Waals surface area contributed by atoms with Gasteiger partial charge in [0.15, 0.2) is 0 Å². The Balaban J connectivity index is 2.33. The molecule has 16 heavy (non-hydrogen) atoms. The van der Waals surface area contributed by atoms with Crippen LogP contribution in [0.1, 0.15) is 24.1 Å². The third-order valence-electron chi connectivity index (χ3n) is 2.89. The molecule has 1 aromatic heterocycles. The Bertz CT molecular complexity index is 386. The topological polar surface area (TPSA) is 36.4 Å². The van der Waals surface area contributed by atoms with E-state index in [1.54, 1.807) is 6.20 Å². The lowest BCUT2D eigenvalue weighted by Gasteiger charge is -2.25. The number of hydrogen-bond acceptors (Lipinski definition) is 3. The van der Waals surface area contributed by atoms with Crippen LogP contribution in [0.15, 0.2) is 24.9 Å². The number of rotatable bonds is 5. The van der Waals surface area contributed by atoms with Gasteiger partial charge in [-0.05, 0) is 25.8 Å². The van der Waals surface area contributed by atoms with E-state index in [4.69, 9.17) is 0 Å². The molecule has 0 bridgehead atoms. The molecule has 1 aliphatic carbocycles. The van der Waals surface area contributed by atoms with E-state index in [-0.39, 0.29) is 6.61 Å². The highest BCUT2D eigenvalue weighted by molar-refractivity contribution is 5.55. The maximum absolute atomic E-state index is 9.34. The summed E-state index contributed by atoms with van der Waals surface area (Å²) >= 11 is 0. The lowest BCUT2D eigenvalue weighted by molar-refractivity contribution is 0.281. The quantitative estimate of drug-likeness (QED) is 0.768. The van der Waals surface area contributed by atoms with Crippen molar-refractivity contribution >= 4 is 5.69 Å². The average Bonchev–Trinajstić information content (AvgIpc) is 3.10. The largest absolute Gasteiger partial charge is 0.392 e. The first-order valence-corrected chi connectivity index (χ1v) is 5.70. The maximum atomic E-state index is 9.34. The second-order valence-corrected chi connectivity index (χ2v) is 4.28. The van der Waals surface area contributed by atoms with E-state index >= 15 is 0 Å². The molecule has 1 aliphatic rings. The van der Waals surface area contributed by atoms with Crippen LogP contribution >= 0.6 is 0 Å². The lowest BCUT2D eigenvalue weighted by Crippen LogP contribution is -2.27. The number of nitrogens with zero attached hydrogens (tertiary/aromatic N) is 2. The number of pyridine rings is 1. The minimum absolute atomic E-state index is 0.0446. The molecule has 1 saturated carbocycles. The SMILES string of the molecule is C=CCN(c1cc(C)ncc1CO)C1CC1. The van der Waals surface area contributed by atoms with Crippen LogP contribution in [0, 0.1) is 6.92 Å². The van der Waals surface area contributed by atoms with E-state index in [1.165, 1.54) is 12.8 Å². The predicted octanol–water partition coefficient (Wildman–Crippen LogP) is 2.04. The van der Waals surface area contributed by atoms with E-state index in [0.717, 1.165) is 23.5 Å². The second kappa shape index (κ2) is 4.66. The molecule has 0 atom stereocenters. The Morgan fingerprint density at radius 2 is 2.38 bits per heavy atom. The molecule has 0 aliphatic heterocycles. The Kier molecular flexibility index (Phi) is 3.25. The van der Waals surface area contributed by atoms with Gasteiger partial charge in [-0.1, -0.05) is 6.08 Å². The Morgan fingerprint density at radius 3 is 2.94 bits per heavy atom. The molecule has 1 N–H and O–H groups in total. The van der Waals surface area contributed by atoms with Crippen molar-refractivity contribution in [2.45, 2.75) is 32.4 Å². The van der Waals surface area contributed by atoms with Gasteiger partial charge in [-0.25, -0.2) is 0 Å². The number of aromatic nitrogens is 1. The van der Waals surface area contributed by atoms with Gasteiger partial charge in [0.2, 0.25) is 0 Å². The van der Waals surface area contributed by atoms with Crippen LogP contribution in [0.25, 0.3) is 0 Å². The molecule has 3 nitrogen and oxygen atoms in total. The first-order valence-electron chi connectivity index (χ1n) is 5.70. The summed E-state index contributed by atoms with van der Waals surface area (Å²) < 4.78 is 0. The summed E-state index contributed by atoms with van der Waals surface area (Å²) in [4.78, 5) is 6.53. The van der Waals surface area contributed by atoms with Gasteiger partial charge < -0.3 is 10.0 Å². The van der Waals surface area contributed by atoms with E-state index in [2.05, 4.69) is 16.5 Å². The van der Waals surface area contributed by atoms with E-state index in [9.17, 15) is 5.11 Å². The molecule has 2 rings (SSSR count). The molecule has 0 amide bonds. The van der Waals surface area contributed by atoms with Gasteiger partial charge in [0.25, 0.3) is 0 Å². The third kappa shape index (κ3) is 2.25. The number of hydrogen-bond donors (Lipinski definition) is 1. The first-order chi connectivity index (χ1) is 7.76. The van der Waals surface area contributed by atoms with Crippen molar-refractivity contribution in [3.05, 3.63) is 36.2 Å². The van der Waals surface area contributed by atoms with Crippen LogP contribution in [0.5, 0.6) is 0 Å². The number of anilines is 1. The Hall–Kier alpha value is -1.35. The van der Waals surface area contributed by atoms with Gasteiger partial charge in [-0.15, -0.1) is 6.58 Å². The molecule has 0 aromatic carbocycles. The van der Waals surface area contributed by atoms with Crippen LogP contribution in [-0.4, -0.2) is 22.7 Å². The highest BCUT2D eigenvalue weighted by Gasteiger charge is 2.29. The lowest BCUT2D eigenvalue weighted by atomic mass is 10.2. The summed E-state index contributed by atoms with van der Waals surface area (Å²) in [7, 11) is 0. The van der Waals surface area contributed by atoms with Gasteiger partial charge in [0, 0.05) is 35.7 Å². The molecule has 0 radical (unpaired) electrons. The molecule has 0 spiro atoms. The van der Waals surface area contributed by atoms with E-state index in [1.807, 2.05) is 19.1 Å². The van der Waals surface area contributed by atoms with Crippen molar-refractivity contribution in [1.29, 1.82) is 0 Å². The van der Waals surface area contributed by atoms with Crippen LogP contribution in [0.2, 0.25) is 0 Å². The van der Waals surface area contributed by atoms with Crippen molar-refractivity contribution in [1.82, 2.24) is 4.98 Å². The van der Waals surface area contributed by atoms with Gasteiger partial charge in [-0.3, -0.25) is 4.98 Å². The van der Waals surface area contributed by atoms with Crippen LogP contribution in [0.3, 0.4) is 0 Å². The van der Waals surface area contributed by atoms with Crippen molar-refractivity contribution in [3.63, 3.8) is 0 Å². The fourth-order valence-corrected chi connectivity index (χ4v) is 1.93. The van der Waals surface area contributed by atoms with E-state index in [0.29, 0.717) is 6.04 Å². The molecular weight excluding hydrogens is 200 g/mol. The van der Waals surface area contributed by atoms with Gasteiger partial charge >= 0.3 is 0 Å². The van der Waals surface area contributed by atoms with Crippen molar-refractivity contribution in [3.8, 4) is 0 Å². The zero-order valence-electron chi connectivity index (χ0n) is 9.69. The minimum atomic E-state index is 0.0446. The van der Waals surface area contributed by atoms with Crippen LogP contribution in [-0.2, 0) is 6.61 Å². The third-order valence-corrected chi connectivity index (χ3v) is 2.89. The van der Waals surface area contributed by atoms with Gasteiger partial charge in [0.1, 0.15) is 0 Å². The summed E-state index contributed by atoms with van der Waals surface area (Å²) in [5.74, 6) is 0. The van der Waals surface area contributed by atoms with Crippen molar-refractivity contribution < 1.29 is 5.11 Å². The Labute approximate surface area is 96.4 Å². The van der Waals surface area contributed by atoms with Gasteiger partial charge in [0.05, 0.1) is 6.61 Å². The van der Waals surface area contributed by atoms with Crippen molar-refractivity contribution in [2.24, 2.45) is 0 Å². The molecule has 1 heterocycles. The van der Waals surface area contributed by atoms with Crippen LogP contribution in [0.4, 0.5) is 5.69 Å². The zero-order chi connectivity index (χ0) is 11.5. The monoisotopic (exact) mass is 218 g/mol. The summed E-state index contributed by atoms with van der Waals surface area (Å²) in [5, 5.41) is 9.34. The average molecular weight is 218 g/mol. The van der Waals surface area contributed by atoms with Gasteiger partial charge in [-0.2, -0.15) is 0 Å². The number of aryl methyl sites for hydroxylation is 1. The highest BCUT2D eigenvalue weighted by Crippen LogP contribution is 2.33. The van der Waals surface area contributed by atoms with Crippen molar-refractivity contribution in [2.75, 3.05) is 11.4 Å². The molecule has 1 fully saturated rings. The fraction of sp³-hybridized carbons (Fsp3) is 0.462. The molecule has 86 valence electrons. The van der Waals surface area contributed by atoms with Crippen LogP contribution < -0.4 is 4.90 Å². The summed E-state index contributed by atoms with van der Waals surface area (Å²) in [5.41, 5.74) is 3.00. The maximum Gasteiger partial charge on any atom is 0.0717 e. The standard InChI is InChI=1S/C13H18N2O/c1-3-6-15(12-4-5-12)13-7-10(2)14-8-11(13)9-16/h3,7-8,12,16H,1,4-6,9H2,2H3. The number of aliphatic hydroxyl groups excluding tert-OH is 1. The first kappa shape index (κ1) is 11.1. The fourth-order valence-electron chi connectivity index (χ4n) is 1.93. The molecule has 0 unspecified atom stereocenters. The normalized spacial score (nSPS) is 14.9. The summed E-state index contributed by atoms with van der Waals surface area (Å²) in [6.07, 6.45) is 6.15. The van der Waals surface area contributed by atoms with E-state index < -0.39 is 0 Å². The zero-order valence-corrected chi connectivity index (χ0v) is 9.69. The predicted molar refractivity (Wildman–Crippen MR) is 65.5 cm³/mol. The molecule has 1 aromatic rings. The number of aliphatic hydroxyl groups is 1. The minimum Gasteiger partial charge on any atom is -0.392 e. The summed E-state index contributed by atoms with van der Waals surface area (Å²) in [6.45, 7) is 6.65. The molecule has 3 heteroatoms. The Morgan fingerprint density at radius 1 is 1.62 bits per heavy atom. The molecular formula is C13H18N2O. The molecule has 0 saturated heterocycles. The summed E-state index contributed by atoms with van der Waals surface area (Å²) in [6, 6.07) is 2.66.